The van der Waals surface area contributed by atoms with Gasteiger partial charge in [0.15, 0.2) is 0 Å². The summed E-state index contributed by atoms with van der Waals surface area (Å²) < 4.78 is 29.5. The molecule has 0 spiro atoms. The van der Waals surface area contributed by atoms with Crippen LogP contribution in [-0.4, -0.2) is 28.7 Å². The van der Waals surface area contributed by atoms with Crippen LogP contribution in [0, 0.1) is 0 Å². The van der Waals surface area contributed by atoms with Crippen LogP contribution in [-0.2, 0) is 12.1 Å². The highest BCUT2D eigenvalue weighted by Gasteiger charge is 2.48. The fourth-order valence-corrected chi connectivity index (χ4v) is 4.57. The normalized spacial score (nSPS) is 28.5. The summed E-state index contributed by atoms with van der Waals surface area (Å²) >= 11 is 0. The van der Waals surface area contributed by atoms with E-state index >= 15 is 0 Å². The van der Waals surface area contributed by atoms with Crippen molar-refractivity contribution in [2.24, 2.45) is 0 Å². The molecule has 26 heavy (non-hydrogen) atoms. The molecule has 2 aliphatic rings. The molecule has 0 radical (unpaired) electrons. The summed E-state index contributed by atoms with van der Waals surface area (Å²) in [6.45, 7) is -1.97. The third-order valence-corrected chi connectivity index (χ3v) is 5.72. The van der Waals surface area contributed by atoms with Gasteiger partial charge < -0.3 is 9.84 Å². The first-order chi connectivity index (χ1) is 12.5. The van der Waals surface area contributed by atoms with Crippen molar-refractivity contribution < 1.29 is 18.6 Å². The molecule has 2 aromatic carbocycles. The Hall–Kier alpha value is -1.98. The lowest BCUT2D eigenvalue weighted by atomic mass is 9.80. The van der Waals surface area contributed by atoms with Crippen LogP contribution in [0.1, 0.15) is 36.8 Å². The Balaban J connectivity index is 1.52. The van der Waals surface area contributed by atoms with Gasteiger partial charge in [-0.2, -0.15) is 8.78 Å². The molecule has 2 saturated heterocycles. The van der Waals surface area contributed by atoms with Crippen LogP contribution in [0.15, 0.2) is 54.6 Å². The van der Waals surface area contributed by atoms with E-state index in [0.29, 0.717) is 30.5 Å². The largest absolute Gasteiger partial charge is 0.435 e. The molecule has 2 atom stereocenters. The predicted octanol–water partition coefficient (Wildman–Crippen LogP) is 4.30. The van der Waals surface area contributed by atoms with Gasteiger partial charge in [0.05, 0.1) is 5.60 Å². The van der Waals surface area contributed by atoms with Crippen molar-refractivity contribution in [2.45, 2.75) is 56.5 Å². The summed E-state index contributed by atoms with van der Waals surface area (Å²) in [5.74, 6) is 0.102. The minimum Gasteiger partial charge on any atom is -0.435 e. The highest BCUT2D eigenvalue weighted by Crippen LogP contribution is 2.46. The van der Waals surface area contributed by atoms with Crippen molar-refractivity contribution in [3.63, 3.8) is 0 Å². The Kier molecular flexibility index (Phi) is 4.67. The fourth-order valence-electron chi connectivity index (χ4n) is 4.57. The van der Waals surface area contributed by atoms with Crippen molar-refractivity contribution in [2.75, 3.05) is 0 Å². The second-order valence-electron chi connectivity index (χ2n) is 7.39. The van der Waals surface area contributed by atoms with Crippen molar-refractivity contribution in [1.29, 1.82) is 0 Å². The quantitative estimate of drug-likeness (QED) is 0.864. The molecule has 3 nitrogen and oxygen atoms in total. The summed E-state index contributed by atoms with van der Waals surface area (Å²) in [6, 6.07) is 17.5. The molecule has 2 heterocycles. The van der Waals surface area contributed by atoms with E-state index in [4.69, 9.17) is 0 Å². The maximum atomic E-state index is 12.5. The van der Waals surface area contributed by atoms with Crippen LogP contribution in [0.2, 0.25) is 0 Å². The maximum Gasteiger partial charge on any atom is 0.387 e. The maximum absolute atomic E-state index is 12.5. The number of alkyl halides is 2. The molecule has 138 valence electrons. The smallest absolute Gasteiger partial charge is 0.387 e. The molecule has 2 fully saturated rings. The van der Waals surface area contributed by atoms with Crippen molar-refractivity contribution in [3.05, 3.63) is 65.7 Å². The van der Waals surface area contributed by atoms with Crippen LogP contribution in [0.3, 0.4) is 0 Å². The molecule has 5 heteroatoms. The summed E-state index contributed by atoms with van der Waals surface area (Å²) in [7, 11) is 0. The van der Waals surface area contributed by atoms with E-state index in [9.17, 15) is 13.9 Å². The Labute approximate surface area is 152 Å². The topological polar surface area (TPSA) is 32.7 Å². The number of rotatable bonds is 5. The Bertz CT molecular complexity index is 739. The first-order valence-corrected chi connectivity index (χ1v) is 9.11. The molecule has 2 aromatic rings. The van der Waals surface area contributed by atoms with Crippen LogP contribution in [0.5, 0.6) is 5.75 Å². The average Bonchev–Trinajstić information content (AvgIpc) is 2.86. The lowest BCUT2D eigenvalue weighted by Crippen LogP contribution is -2.49. The van der Waals surface area contributed by atoms with Gasteiger partial charge in [0.1, 0.15) is 5.75 Å². The van der Waals surface area contributed by atoms with Gasteiger partial charge in [-0.3, -0.25) is 4.90 Å². The second kappa shape index (κ2) is 6.97. The summed E-state index contributed by atoms with van der Waals surface area (Å²) in [5.41, 5.74) is 0.967. The SMILES string of the molecule is OC1(c2cccc(OC(F)F)c2)CC2CCC(C1)N2Cc1ccccc1. The van der Waals surface area contributed by atoms with E-state index in [1.165, 1.54) is 11.6 Å². The average molecular weight is 359 g/mol. The predicted molar refractivity (Wildman–Crippen MR) is 95.0 cm³/mol. The third kappa shape index (κ3) is 3.46. The molecule has 4 rings (SSSR count). The molecule has 2 aliphatic heterocycles. The van der Waals surface area contributed by atoms with Crippen LogP contribution < -0.4 is 4.74 Å². The molecular formula is C21H23F2NO2. The highest BCUT2D eigenvalue weighted by atomic mass is 19.3. The van der Waals surface area contributed by atoms with Crippen molar-refractivity contribution >= 4 is 0 Å². The molecular weight excluding hydrogens is 336 g/mol. The molecule has 1 N–H and O–H groups in total. The highest BCUT2D eigenvalue weighted by molar-refractivity contribution is 5.33. The van der Waals surface area contributed by atoms with E-state index in [1.54, 1.807) is 12.1 Å². The van der Waals surface area contributed by atoms with E-state index < -0.39 is 12.2 Å². The third-order valence-electron chi connectivity index (χ3n) is 5.72. The number of hydrogen-bond donors (Lipinski definition) is 1. The minimum absolute atomic E-state index is 0.102. The second-order valence-corrected chi connectivity index (χ2v) is 7.39. The van der Waals surface area contributed by atoms with Gasteiger partial charge in [-0.1, -0.05) is 42.5 Å². The number of fused-ring (bicyclic) bond motifs is 2. The van der Waals surface area contributed by atoms with Gasteiger partial charge in [-0.05, 0) is 48.9 Å². The Morgan fingerprint density at radius 2 is 1.73 bits per heavy atom. The van der Waals surface area contributed by atoms with Gasteiger partial charge in [0, 0.05) is 18.6 Å². The number of piperidine rings is 1. The first kappa shape index (κ1) is 17.4. The molecule has 0 aromatic heterocycles. The van der Waals surface area contributed by atoms with E-state index in [0.717, 1.165) is 19.4 Å². The summed E-state index contributed by atoms with van der Waals surface area (Å²) in [5, 5.41) is 11.3. The molecule has 0 saturated carbocycles. The van der Waals surface area contributed by atoms with E-state index in [1.807, 2.05) is 24.3 Å². The fraction of sp³-hybridized carbons (Fsp3) is 0.429. The number of ether oxygens (including phenoxy) is 1. The monoisotopic (exact) mass is 359 g/mol. The number of nitrogens with zero attached hydrogens (tertiary/aromatic N) is 1. The van der Waals surface area contributed by atoms with Crippen molar-refractivity contribution in [1.82, 2.24) is 4.90 Å². The molecule has 0 aliphatic carbocycles. The van der Waals surface area contributed by atoms with Crippen LogP contribution in [0.4, 0.5) is 8.78 Å². The van der Waals surface area contributed by atoms with E-state index in [2.05, 4.69) is 21.8 Å². The van der Waals surface area contributed by atoms with Crippen LogP contribution >= 0.6 is 0 Å². The van der Waals surface area contributed by atoms with Crippen molar-refractivity contribution in [3.8, 4) is 5.75 Å². The van der Waals surface area contributed by atoms with Gasteiger partial charge in [0.2, 0.25) is 0 Å². The van der Waals surface area contributed by atoms with E-state index in [-0.39, 0.29) is 5.75 Å². The molecule has 2 unspecified atom stereocenters. The van der Waals surface area contributed by atoms with Crippen LogP contribution in [0.25, 0.3) is 0 Å². The lowest BCUT2D eigenvalue weighted by Gasteiger charge is -2.44. The summed E-state index contributed by atoms with van der Waals surface area (Å²) in [4.78, 5) is 2.49. The zero-order chi connectivity index (χ0) is 18.1. The number of benzene rings is 2. The summed E-state index contributed by atoms with van der Waals surface area (Å²) in [6.07, 6.45) is 3.36. The van der Waals surface area contributed by atoms with Gasteiger partial charge in [-0.15, -0.1) is 0 Å². The Morgan fingerprint density at radius 3 is 2.38 bits per heavy atom. The number of aliphatic hydroxyl groups is 1. The molecule has 0 amide bonds. The molecule has 2 bridgehead atoms. The number of hydrogen-bond acceptors (Lipinski definition) is 3. The zero-order valence-corrected chi connectivity index (χ0v) is 14.5. The standard InChI is InChI=1S/C21H23F2NO2/c22-20(23)26-19-8-4-7-16(11-19)21(25)12-17-9-10-18(13-21)24(17)14-15-5-2-1-3-6-15/h1-8,11,17-18,20,25H,9-10,12-14H2. The minimum atomic E-state index is -2.86. The lowest BCUT2D eigenvalue weighted by molar-refractivity contribution is -0.0619. The van der Waals surface area contributed by atoms with Gasteiger partial charge >= 0.3 is 6.61 Å². The van der Waals surface area contributed by atoms with Gasteiger partial charge in [0.25, 0.3) is 0 Å². The van der Waals surface area contributed by atoms with Gasteiger partial charge in [-0.25, -0.2) is 0 Å². The Morgan fingerprint density at radius 1 is 1.04 bits per heavy atom. The zero-order valence-electron chi connectivity index (χ0n) is 14.5. The number of halogens is 2. The first-order valence-electron chi connectivity index (χ1n) is 9.11.